The normalized spacial score (nSPS) is 11.7. The number of ether oxygens (including phenoxy) is 1. The topological polar surface area (TPSA) is 62.3 Å². The molecule has 0 amide bonds. The van der Waals surface area contributed by atoms with Crippen molar-refractivity contribution < 1.29 is 14.6 Å². The van der Waals surface area contributed by atoms with Gasteiger partial charge >= 0.3 is 5.97 Å². The largest absolute Gasteiger partial charge is 0.494 e. The Morgan fingerprint density at radius 1 is 1.12 bits per heavy atom. The van der Waals surface area contributed by atoms with Gasteiger partial charge in [0, 0.05) is 10.9 Å². The second kappa shape index (κ2) is 6.87. The summed E-state index contributed by atoms with van der Waals surface area (Å²) in [6.07, 6.45) is -0.0177. The van der Waals surface area contributed by atoms with Crippen molar-refractivity contribution in [2.45, 2.75) is 39.5 Å². The highest BCUT2D eigenvalue weighted by molar-refractivity contribution is 5.94. The number of hydrogen-bond acceptors (Lipinski definition) is 2. The Balaban J connectivity index is 2.16. The van der Waals surface area contributed by atoms with Gasteiger partial charge in [-0.3, -0.25) is 4.79 Å². The molecular weight excluding hydrogens is 326 g/mol. The summed E-state index contributed by atoms with van der Waals surface area (Å²) in [6, 6.07) is 14.0. The molecule has 4 nitrogen and oxygen atoms in total. The third-order valence-corrected chi connectivity index (χ3v) is 4.55. The Kier molecular flexibility index (Phi) is 4.77. The van der Waals surface area contributed by atoms with Gasteiger partial charge in [-0.25, -0.2) is 0 Å². The van der Waals surface area contributed by atoms with E-state index in [1.54, 1.807) is 0 Å². The van der Waals surface area contributed by atoms with Gasteiger partial charge in [-0.15, -0.1) is 0 Å². The molecular formula is C22H25NO3. The SMILES string of the molecule is CCOc1ccc(-c2[nH]c3ccc(C(C)(C)C)cc3c2CC(=O)O)cc1. The first-order valence-corrected chi connectivity index (χ1v) is 8.89. The summed E-state index contributed by atoms with van der Waals surface area (Å²) in [5, 5.41) is 10.4. The lowest BCUT2D eigenvalue weighted by molar-refractivity contribution is -0.136. The average Bonchev–Trinajstić information content (AvgIpc) is 2.92. The molecule has 0 aliphatic rings. The number of carboxylic acid groups (broad SMARTS) is 1. The van der Waals surface area contributed by atoms with Crippen LogP contribution >= 0.6 is 0 Å². The predicted octanol–water partition coefficient (Wildman–Crippen LogP) is 5.16. The fourth-order valence-corrected chi connectivity index (χ4v) is 3.18. The van der Waals surface area contributed by atoms with Crippen molar-refractivity contribution in [3.8, 4) is 17.0 Å². The number of benzene rings is 2. The van der Waals surface area contributed by atoms with Crippen molar-refractivity contribution >= 4 is 16.9 Å². The summed E-state index contributed by atoms with van der Waals surface area (Å²) < 4.78 is 5.50. The van der Waals surface area contributed by atoms with Gasteiger partial charge in [-0.2, -0.15) is 0 Å². The van der Waals surface area contributed by atoms with Crippen molar-refractivity contribution in [2.75, 3.05) is 6.61 Å². The molecule has 2 N–H and O–H groups in total. The van der Waals surface area contributed by atoms with Crippen molar-refractivity contribution in [1.29, 1.82) is 0 Å². The number of aliphatic carboxylic acids is 1. The summed E-state index contributed by atoms with van der Waals surface area (Å²) in [5.74, 6) is -0.0265. The quantitative estimate of drug-likeness (QED) is 0.667. The predicted molar refractivity (Wildman–Crippen MR) is 105 cm³/mol. The molecule has 1 aromatic heterocycles. The average molecular weight is 351 g/mol. The standard InChI is InChI=1S/C22H25NO3/c1-5-26-16-9-6-14(7-10-16)21-18(13-20(24)25)17-12-15(22(2,3)4)8-11-19(17)23-21/h6-12,23H,5,13H2,1-4H3,(H,24,25). The lowest BCUT2D eigenvalue weighted by atomic mass is 9.86. The number of rotatable bonds is 5. The summed E-state index contributed by atoms with van der Waals surface area (Å²) >= 11 is 0. The van der Waals surface area contributed by atoms with Crippen LogP contribution < -0.4 is 4.74 Å². The Hall–Kier alpha value is -2.75. The number of aromatic nitrogens is 1. The van der Waals surface area contributed by atoms with Gasteiger partial charge in [0.05, 0.1) is 18.7 Å². The Bertz CT molecular complexity index is 930. The minimum atomic E-state index is -0.834. The van der Waals surface area contributed by atoms with Crippen molar-refractivity contribution in [1.82, 2.24) is 4.98 Å². The van der Waals surface area contributed by atoms with Crippen LogP contribution in [-0.4, -0.2) is 22.7 Å². The molecule has 0 saturated heterocycles. The number of aromatic amines is 1. The molecule has 136 valence electrons. The Morgan fingerprint density at radius 2 is 1.81 bits per heavy atom. The van der Waals surface area contributed by atoms with E-state index in [2.05, 4.69) is 37.9 Å². The molecule has 4 heteroatoms. The number of hydrogen-bond donors (Lipinski definition) is 2. The molecule has 3 aromatic rings. The minimum absolute atomic E-state index is 0.00521. The number of fused-ring (bicyclic) bond motifs is 1. The maximum atomic E-state index is 11.5. The minimum Gasteiger partial charge on any atom is -0.494 e. The van der Waals surface area contributed by atoms with Crippen LogP contribution in [-0.2, 0) is 16.6 Å². The highest BCUT2D eigenvalue weighted by Crippen LogP contribution is 2.34. The summed E-state index contributed by atoms with van der Waals surface area (Å²) in [6.45, 7) is 9.04. The highest BCUT2D eigenvalue weighted by Gasteiger charge is 2.19. The van der Waals surface area contributed by atoms with Crippen molar-refractivity contribution in [2.24, 2.45) is 0 Å². The van der Waals surface area contributed by atoms with Crippen LogP contribution in [0.25, 0.3) is 22.2 Å². The molecule has 0 bridgehead atoms. The fourth-order valence-electron chi connectivity index (χ4n) is 3.18. The van der Waals surface area contributed by atoms with Gasteiger partial charge < -0.3 is 14.8 Å². The van der Waals surface area contributed by atoms with E-state index in [1.807, 2.05) is 37.3 Å². The number of carbonyl (C=O) groups is 1. The van der Waals surface area contributed by atoms with Crippen molar-refractivity contribution in [3.63, 3.8) is 0 Å². The van der Waals surface area contributed by atoms with E-state index in [0.29, 0.717) is 6.61 Å². The highest BCUT2D eigenvalue weighted by atomic mass is 16.5. The molecule has 0 aliphatic heterocycles. The molecule has 2 aromatic carbocycles. The van der Waals surface area contributed by atoms with Crippen LogP contribution in [0.4, 0.5) is 0 Å². The maximum Gasteiger partial charge on any atom is 0.307 e. The molecule has 0 spiro atoms. The van der Waals surface area contributed by atoms with Crippen molar-refractivity contribution in [3.05, 3.63) is 53.6 Å². The Labute approximate surface area is 153 Å². The smallest absolute Gasteiger partial charge is 0.307 e. The van der Waals surface area contributed by atoms with E-state index < -0.39 is 5.97 Å². The zero-order chi connectivity index (χ0) is 18.9. The first-order chi connectivity index (χ1) is 12.3. The second-order valence-corrected chi connectivity index (χ2v) is 7.52. The van der Waals surface area contributed by atoms with E-state index in [9.17, 15) is 9.90 Å². The fraction of sp³-hybridized carbons (Fsp3) is 0.318. The summed E-state index contributed by atoms with van der Waals surface area (Å²) in [5.41, 5.74) is 4.79. The molecule has 0 atom stereocenters. The third-order valence-electron chi connectivity index (χ3n) is 4.55. The van der Waals surface area contributed by atoms with Gasteiger partial charge in [0.2, 0.25) is 0 Å². The van der Waals surface area contributed by atoms with Gasteiger partial charge in [-0.1, -0.05) is 26.8 Å². The first kappa shape index (κ1) is 18.1. The summed E-state index contributed by atoms with van der Waals surface area (Å²) in [4.78, 5) is 14.9. The third kappa shape index (κ3) is 3.59. The van der Waals surface area contributed by atoms with Crippen LogP contribution in [0.1, 0.15) is 38.8 Å². The maximum absolute atomic E-state index is 11.5. The van der Waals surface area contributed by atoms with Gasteiger partial charge in [-0.05, 0) is 65.4 Å². The van der Waals surface area contributed by atoms with E-state index in [-0.39, 0.29) is 11.8 Å². The lowest BCUT2D eigenvalue weighted by Crippen LogP contribution is -2.10. The van der Waals surface area contributed by atoms with Gasteiger partial charge in [0.15, 0.2) is 0 Å². The molecule has 0 aliphatic carbocycles. The van der Waals surface area contributed by atoms with Crippen LogP contribution in [0.5, 0.6) is 5.75 Å². The first-order valence-electron chi connectivity index (χ1n) is 8.89. The van der Waals surface area contributed by atoms with Crippen LogP contribution in [0.3, 0.4) is 0 Å². The monoisotopic (exact) mass is 351 g/mol. The van der Waals surface area contributed by atoms with Crippen LogP contribution in [0.15, 0.2) is 42.5 Å². The summed E-state index contributed by atoms with van der Waals surface area (Å²) in [7, 11) is 0. The molecule has 26 heavy (non-hydrogen) atoms. The lowest BCUT2D eigenvalue weighted by Gasteiger charge is -2.19. The number of carboxylic acids is 1. The zero-order valence-corrected chi connectivity index (χ0v) is 15.7. The molecule has 0 unspecified atom stereocenters. The Morgan fingerprint density at radius 3 is 2.38 bits per heavy atom. The number of H-pyrrole nitrogens is 1. The molecule has 3 rings (SSSR count). The van der Waals surface area contributed by atoms with Gasteiger partial charge in [0.1, 0.15) is 5.75 Å². The van der Waals surface area contributed by atoms with E-state index in [1.165, 1.54) is 5.56 Å². The molecule has 0 radical (unpaired) electrons. The van der Waals surface area contributed by atoms with Gasteiger partial charge in [0.25, 0.3) is 0 Å². The second-order valence-electron chi connectivity index (χ2n) is 7.52. The van der Waals surface area contributed by atoms with E-state index in [0.717, 1.165) is 33.5 Å². The van der Waals surface area contributed by atoms with E-state index >= 15 is 0 Å². The van der Waals surface area contributed by atoms with Crippen LogP contribution in [0.2, 0.25) is 0 Å². The molecule has 0 fully saturated rings. The molecule has 1 heterocycles. The molecule has 0 saturated carbocycles. The number of nitrogens with one attached hydrogen (secondary N) is 1. The van der Waals surface area contributed by atoms with Crippen LogP contribution in [0, 0.1) is 0 Å². The zero-order valence-electron chi connectivity index (χ0n) is 15.7. The van der Waals surface area contributed by atoms with E-state index in [4.69, 9.17) is 4.74 Å².